The molecule has 0 spiro atoms. The van der Waals surface area contributed by atoms with Crippen LogP contribution in [-0.2, 0) is 21.3 Å². The second-order valence-electron chi connectivity index (χ2n) is 7.22. The van der Waals surface area contributed by atoms with Crippen LogP contribution in [0, 0.1) is 5.92 Å². The van der Waals surface area contributed by atoms with Crippen molar-refractivity contribution < 1.29 is 17.6 Å². The summed E-state index contributed by atoms with van der Waals surface area (Å²) in [4.78, 5) is 2.43. The Kier molecular flexibility index (Phi) is 4.68. The number of hydrogen-bond acceptors (Lipinski definition) is 5. The number of hydrogen-bond donors (Lipinski definition) is 0. The SMILES string of the molecule is O=S(=O)(c1ccc(CN(C[C@@H]2CCOC2)C2CC2)o1)N1CCCC1. The van der Waals surface area contributed by atoms with Crippen LogP contribution < -0.4 is 0 Å². The molecule has 1 atom stereocenters. The summed E-state index contributed by atoms with van der Waals surface area (Å²) in [6.45, 7) is 4.62. The lowest BCUT2D eigenvalue weighted by molar-refractivity contribution is 0.155. The summed E-state index contributed by atoms with van der Waals surface area (Å²) in [5, 5.41) is 0.0966. The molecule has 4 rings (SSSR count). The summed E-state index contributed by atoms with van der Waals surface area (Å²) in [5.74, 6) is 1.34. The normalized spacial score (nSPS) is 25.8. The molecule has 0 bridgehead atoms. The summed E-state index contributed by atoms with van der Waals surface area (Å²) in [6.07, 6.45) is 5.45. The van der Waals surface area contributed by atoms with E-state index in [1.807, 2.05) is 6.07 Å². The van der Waals surface area contributed by atoms with Crippen LogP contribution in [0.25, 0.3) is 0 Å². The first kappa shape index (κ1) is 16.6. The Morgan fingerprint density at radius 2 is 1.96 bits per heavy atom. The van der Waals surface area contributed by atoms with E-state index in [0.29, 0.717) is 31.6 Å². The summed E-state index contributed by atoms with van der Waals surface area (Å²) in [6, 6.07) is 4.06. The molecule has 3 fully saturated rings. The topological polar surface area (TPSA) is 63.0 Å². The van der Waals surface area contributed by atoms with E-state index in [4.69, 9.17) is 9.15 Å². The molecule has 0 amide bonds. The molecule has 2 aliphatic heterocycles. The Bertz CT molecular complexity index is 656. The predicted molar refractivity (Wildman–Crippen MR) is 89.1 cm³/mol. The highest BCUT2D eigenvalue weighted by atomic mass is 32.2. The Hall–Kier alpha value is -0.890. The molecule has 0 aromatic carbocycles. The standard InChI is InChI=1S/C17H26N2O4S/c20-24(21,19-8-1-2-9-19)17-6-5-16(23-17)12-18(15-3-4-15)11-14-7-10-22-13-14/h5-6,14-15H,1-4,7-13H2/t14-/m0/s1. The van der Waals surface area contributed by atoms with Gasteiger partial charge in [-0.3, -0.25) is 4.90 Å². The molecule has 6 nitrogen and oxygen atoms in total. The molecule has 0 N–H and O–H groups in total. The largest absolute Gasteiger partial charge is 0.447 e. The molecule has 1 saturated carbocycles. The van der Waals surface area contributed by atoms with Gasteiger partial charge in [0.2, 0.25) is 5.09 Å². The molecule has 3 aliphatic rings. The Labute approximate surface area is 143 Å². The fourth-order valence-corrected chi connectivity index (χ4v) is 5.12. The van der Waals surface area contributed by atoms with Crippen LogP contribution in [0.1, 0.15) is 37.9 Å². The highest BCUT2D eigenvalue weighted by Crippen LogP contribution is 2.31. The molecule has 2 saturated heterocycles. The highest BCUT2D eigenvalue weighted by Gasteiger charge is 2.33. The minimum atomic E-state index is -3.45. The van der Waals surface area contributed by atoms with Gasteiger partial charge in [-0.15, -0.1) is 0 Å². The Morgan fingerprint density at radius 3 is 2.62 bits per heavy atom. The first-order valence-electron chi connectivity index (χ1n) is 9.03. The van der Waals surface area contributed by atoms with Gasteiger partial charge in [-0.1, -0.05) is 0 Å². The predicted octanol–water partition coefficient (Wildman–Crippen LogP) is 2.07. The summed E-state index contributed by atoms with van der Waals surface area (Å²) >= 11 is 0. The summed E-state index contributed by atoms with van der Waals surface area (Å²) < 4.78 is 37.9. The lowest BCUT2D eigenvalue weighted by Gasteiger charge is -2.23. The van der Waals surface area contributed by atoms with Gasteiger partial charge in [-0.05, 0) is 50.2 Å². The van der Waals surface area contributed by atoms with Gasteiger partial charge in [0.05, 0.1) is 13.2 Å². The van der Waals surface area contributed by atoms with Crippen LogP contribution in [0.4, 0.5) is 0 Å². The smallest absolute Gasteiger partial charge is 0.276 e. The minimum absolute atomic E-state index is 0.0966. The van der Waals surface area contributed by atoms with Gasteiger partial charge >= 0.3 is 0 Å². The van der Waals surface area contributed by atoms with E-state index < -0.39 is 10.0 Å². The van der Waals surface area contributed by atoms with Gasteiger partial charge in [0, 0.05) is 32.3 Å². The first-order chi connectivity index (χ1) is 11.6. The maximum atomic E-state index is 12.6. The van der Waals surface area contributed by atoms with E-state index in [-0.39, 0.29) is 5.09 Å². The van der Waals surface area contributed by atoms with Gasteiger partial charge in [0.25, 0.3) is 10.0 Å². The molecule has 134 valence electrons. The average molecular weight is 354 g/mol. The monoisotopic (exact) mass is 354 g/mol. The number of rotatable bonds is 7. The molecule has 7 heteroatoms. The van der Waals surface area contributed by atoms with Crippen LogP contribution in [0.5, 0.6) is 0 Å². The van der Waals surface area contributed by atoms with Crippen molar-refractivity contribution in [2.24, 2.45) is 5.92 Å². The zero-order valence-corrected chi connectivity index (χ0v) is 14.8. The Balaban J connectivity index is 1.43. The molecular weight excluding hydrogens is 328 g/mol. The van der Waals surface area contributed by atoms with Crippen molar-refractivity contribution >= 4 is 10.0 Å². The second kappa shape index (κ2) is 6.78. The maximum Gasteiger partial charge on any atom is 0.276 e. The second-order valence-corrected chi connectivity index (χ2v) is 9.09. The number of furan rings is 1. The van der Waals surface area contributed by atoms with Crippen molar-refractivity contribution in [2.45, 2.75) is 49.8 Å². The van der Waals surface area contributed by atoms with Crippen LogP contribution in [-0.4, -0.2) is 56.5 Å². The molecule has 1 aromatic rings. The maximum absolute atomic E-state index is 12.6. The van der Waals surface area contributed by atoms with Crippen molar-refractivity contribution in [3.63, 3.8) is 0 Å². The molecule has 24 heavy (non-hydrogen) atoms. The van der Waals surface area contributed by atoms with E-state index in [1.54, 1.807) is 6.07 Å². The fraction of sp³-hybridized carbons (Fsp3) is 0.765. The van der Waals surface area contributed by atoms with E-state index in [9.17, 15) is 8.42 Å². The number of nitrogens with zero attached hydrogens (tertiary/aromatic N) is 2. The number of sulfonamides is 1. The van der Waals surface area contributed by atoms with Crippen molar-refractivity contribution in [3.8, 4) is 0 Å². The van der Waals surface area contributed by atoms with Gasteiger partial charge in [-0.2, -0.15) is 4.31 Å². The third-order valence-electron chi connectivity index (χ3n) is 5.24. The highest BCUT2D eigenvalue weighted by molar-refractivity contribution is 7.89. The van der Waals surface area contributed by atoms with Crippen LogP contribution >= 0.6 is 0 Å². The van der Waals surface area contributed by atoms with Gasteiger partial charge in [0.1, 0.15) is 5.76 Å². The molecule has 3 heterocycles. The van der Waals surface area contributed by atoms with E-state index >= 15 is 0 Å². The zero-order valence-electron chi connectivity index (χ0n) is 14.0. The van der Waals surface area contributed by atoms with Gasteiger partial charge < -0.3 is 9.15 Å². The lowest BCUT2D eigenvalue weighted by atomic mass is 10.1. The molecule has 1 aromatic heterocycles. The van der Waals surface area contributed by atoms with E-state index in [1.165, 1.54) is 17.1 Å². The summed E-state index contributed by atoms with van der Waals surface area (Å²) in [7, 11) is -3.45. The van der Waals surface area contributed by atoms with E-state index in [2.05, 4.69) is 4.90 Å². The molecule has 0 radical (unpaired) electrons. The van der Waals surface area contributed by atoms with Gasteiger partial charge in [-0.25, -0.2) is 8.42 Å². The lowest BCUT2D eigenvalue weighted by Crippen LogP contribution is -2.31. The number of ether oxygens (including phenoxy) is 1. The Morgan fingerprint density at radius 1 is 1.17 bits per heavy atom. The van der Waals surface area contributed by atoms with Crippen molar-refractivity contribution in [3.05, 3.63) is 17.9 Å². The van der Waals surface area contributed by atoms with Crippen molar-refractivity contribution in [1.82, 2.24) is 9.21 Å². The average Bonchev–Trinajstić information content (AvgIpc) is 3.05. The third-order valence-corrected chi connectivity index (χ3v) is 7.01. The van der Waals surface area contributed by atoms with Crippen LogP contribution in [0.3, 0.4) is 0 Å². The van der Waals surface area contributed by atoms with Crippen molar-refractivity contribution in [1.29, 1.82) is 0 Å². The van der Waals surface area contributed by atoms with E-state index in [0.717, 1.165) is 44.8 Å². The summed E-state index contributed by atoms with van der Waals surface area (Å²) in [5.41, 5.74) is 0. The fourth-order valence-electron chi connectivity index (χ4n) is 3.68. The molecule has 1 aliphatic carbocycles. The van der Waals surface area contributed by atoms with Crippen molar-refractivity contribution in [2.75, 3.05) is 32.8 Å². The third kappa shape index (κ3) is 3.54. The van der Waals surface area contributed by atoms with Crippen LogP contribution in [0.15, 0.2) is 21.6 Å². The zero-order chi connectivity index (χ0) is 16.6. The first-order valence-corrected chi connectivity index (χ1v) is 10.5. The quantitative estimate of drug-likeness (QED) is 0.750. The van der Waals surface area contributed by atoms with Gasteiger partial charge in [0.15, 0.2) is 0 Å². The molecular formula is C17H26N2O4S. The van der Waals surface area contributed by atoms with Crippen LogP contribution in [0.2, 0.25) is 0 Å². The molecule has 0 unspecified atom stereocenters. The minimum Gasteiger partial charge on any atom is -0.447 e.